The monoisotopic (exact) mass is 226 g/mol. The zero-order valence-electron chi connectivity index (χ0n) is 13.2. The SMILES string of the molecule is CC(C)CC(C)(C)CC(C)(C)CC(C)(C)C. The maximum absolute atomic E-state index is 2.43. The van der Waals surface area contributed by atoms with Crippen molar-refractivity contribution in [2.75, 3.05) is 0 Å². The highest BCUT2D eigenvalue weighted by atomic mass is 14.4. The summed E-state index contributed by atoms with van der Waals surface area (Å²) in [4.78, 5) is 0. The molecule has 0 heterocycles. The van der Waals surface area contributed by atoms with Gasteiger partial charge in [-0.3, -0.25) is 0 Å². The summed E-state index contributed by atoms with van der Waals surface area (Å²) in [6.07, 6.45) is 3.97. The van der Waals surface area contributed by atoms with E-state index in [9.17, 15) is 0 Å². The van der Waals surface area contributed by atoms with Crippen molar-refractivity contribution < 1.29 is 0 Å². The Bertz CT molecular complexity index is 201. The van der Waals surface area contributed by atoms with Gasteiger partial charge in [-0.2, -0.15) is 0 Å². The molecule has 0 aliphatic heterocycles. The lowest BCUT2D eigenvalue weighted by Crippen LogP contribution is -2.28. The molecule has 0 rings (SSSR count). The van der Waals surface area contributed by atoms with Crippen LogP contribution in [0.3, 0.4) is 0 Å². The Kier molecular flexibility index (Phi) is 5.10. The molecule has 0 heteroatoms. The molecular formula is C16H34. The van der Waals surface area contributed by atoms with Gasteiger partial charge in [-0.1, -0.05) is 62.3 Å². The van der Waals surface area contributed by atoms with Crippen molar-refractivity contribution in [2.24, 2.45) is 22.2 Å². The summed E-state index contributed by atoms with van der Waals surface area (Å²) in [6, 6.07) is 0. The minimum atomic E-state index is 0.442. The normalized spacial score (nSPS) is 14.6. The lowest BCUT2D eigenvalue weighted by atomic mass is 9.66. The summed E-state index contributed by atoms with van der Waals surface area (Å²) in [5, 5.41) is 0. The molecule has 0 bridgehead atoms. The molecule has 0 aliphatic carbocycles. The van der Waals surface area contributed by atoms with Crippen molar-refractivity contribution in [1.82, 2.24) is 0 Å². The number of rotatable bonds is 5. The number of hydrogen-bond donors (Lipinski definition) is 0. The highest BCUT2D eigenvalue weighted by molar-refractivity contribution is 4.83. The maximum atomic E-state index is 2.43. The lowest BCUT2D eigenvalue weighted by Gasteiger charge is -2.39. The van der Waals surface area contributed by atoms with Gasteiger partial charge in [0.05, 0.1) is 0 Å². The molecule has 16 heavy (non-hydrogen) atoms. The quantitative estimate of drug-likeness (QED) is 0.546. The molecular weight excluding hydrogens is 192 g/mol. The van der Waals surface area contributed by atoms with Gasteiger partial charge in [-0.15, -0.1) is 0 Å². The van der Waals surface area contributed by atoms with E-state index in [-0.39, 0.29) is 0 Å². The second-order valence-electron chi connectivity index (χ2n) is 8.84. The average molecular weight is 226 g/mol. The van der Waals surface area contributed by atoms with Crippen molar-refractivity contribution in [3.63, 3.8) is 0 Å². The third-order valence-corrected chi connectivity index (χ3v) is 2.93. The molecule has 0 amide bonds. The van der Waals surface area contributed by atoms with Gasteiger partial charge in [0.2, 0.25) is 0 Å². The van der Waals surface area contributed by atoms with Crippen molar-refractivity contribution in [3.8, 4) is 0 Å². The Morgan fingerprint density at radius 2 is 1.12 bits per heavy atom. The van der Waals surface area contributed by atoms with E-state index in [1.165, 1.54) is 19.3 Å². The first-order valence-corrected chi connectivity index (χ1v) is 6.83. The molecule has 0 saturated heterocycles. The molecule has 0 aromatic rings. The Hall–Kier alpha value is 0. The van der Waals surface area contributed by atoms with E-state index < -0.39 is 0 Å². The van der Waals surface area contributed by atoms with Crippen LogP contribution in [0.25, 0.3) is 0 Å². The van der Waals surface area contributed by atoms with E-state index in [1.807, 2.05) is 0 Å². The lowest BCUT2D eigenvalue weighted by molar-refractivity contribution is 0.118. The van der Waals surface area contributed by atoms with E-state index in [0.717, 1.165) is 5.92 Å². The second kappa shape index (κ2) is 5.10. The molecule has 0 atom stereocenters. The molecule has 0 aliphatic rings. The minimum absolute atomic E-state index is 0.442. The van der Waals surface area contributed by atoms with Crippen molar-refractivity contribution >= 4 is 0 Å². The van der Waals surface area contributed by atoms with E-state index in [4.69, 9.17) is 0 Å². The van der Waals surface area contributed by atoms with Crippen LogP contribution >= 0.6 is 0 Å². The molecule has 0 aromatic heterocycles. The minimum Gasteiger partial charge on any atom is -0.0628 e. The van der Waals surface area contributed by atoms with E-state index in [1.54, 1.807) is 0 Å². The molecule has 0 spiro atoms. The Labute approximate surface area is 104 Å². The van der Waals surface area contributed by atoms with Crippen LogP contribution in [0, 0.1) is 22.2 Å². The average Bonchev–Trinajstić information content (AvgIpc) is 1.69. The second-order valence-corrected chi connectivity index (χ2v) is 8.84. The summed E-state index contributed by atoms with van der Waals surface area (Å²) in [5.41, 5.74) is 1.37. The van der Waals surface area contributed by atoms with E-state index >= 15 is 0 Å². The summed E-state index contributed by atoms with van der Waals surface area (Å²) in [6.45, 7) is 21.4. The van der Waals surface area contributed by atoms with Crippen molar-refractivity contribution in [3.05, 3.63) is 0 Å². The molecule has 0 saturated carbocycles. The molecule has 0 radical (unpaired) electrons. The van der Waals surface area contributed by atoms with Gasteiger partial charge in [0, 0.05) is 0 Å². The first kappa shape index (κ1) is 16.0. The fraction of sp³-hybridized carbons (Fsp3) is 1.00. The van der Waals surface area contributed by atoms with Gasteiger partial charge in [0.1, 0.15) is 0 Å². The highest BCUT2D eigenvalue weighted by Crippen LogP contribution is 2.43. The standard InChI is InChI=1S/C16H34/c1-13(2)10-15(6,7)12-16(8,9)11-14(3,4)5/h13H,10-12H2,1-9H3. The molecule has 0 fully saturated rings. The number of hydrogen-bond acceptors (Lipinski definition) is 0. The predicted molar refractivity (Wildman–Crippen MR) is 75.7 cm³/mol. The van der Waals surface area contributed by atoms with E-state index in [0.29, 0.717) is 16.2 Å². The third-order valence-electron chi connectivity index (χ3n) is 2.93. The molecule has 0 N–H and O–H groups in total. The van der Waals surface area contributed by atoms with Crippen LogP contribution in [0.5, 0.6) is 0 Å². The smallest absolute Gasteiger partial charge is 0.0344 e. The summed E-state index contributed by atoms with van der Waals surface area (Å²) in [5.74, 6) is 0.806. The topological polar surface area (TPSA) is 0 Å². The molecule has 0 aromatic carbocycles. The Balaban J connectivity index is 4.45. The van der Waals surface area contributed by atoms with Crippen LogP contribution in [0.1, 0.15) is 81.6 Å². The maximum Gasteiger partial charge on any atom is -0.0344 e. The van der Waals surface area contributed by atoms with Crippen LogP contribution in [0.2, 0.25) is 0 Å². The van der Waals surface area contributed by atoms with Gasteiger partial charge >= 0.3 is 0 Å². The molecule has 98 valence electrons. The first-order valence-electron chi connectivity index (χ1n) is 6.83. The molecule has 0 nitrogen and oxygen atoms in total. The van der Waals surface area contributed by atoms with Crippen molar-refractivity contribution in [1.29, 1.82) is 0 Å². The van der Waals surface area contributed by atoms with Crippen molar-refractivity contribution in [2.45, 2.75) is 81.6 Å². The van der Waals surface area contributed by atoms with Gasteiger partial charge < -0.3 is 0 Å². The third kappa shape index (κ3) is 8.19. The van der Waals surface area contributed by atoms with Gasteiger partial charge in [-0.25, -0.2) is 0 Å². The van der Waals surface area contributed by atoms with Crippen LogP contribution in [-0.4, -0.2) is 0 Å². The van der Waals surface area contributed by atoms with Gasteiger partial charge in [0.15, 0.2) is 0 Å². The Morgan fingerprint density at radius 1 is 0.688 bits per heavy atom. The van der Waals surface area contributed by atoms with Crippen LogP contribution in [-0.2, 0) is 0 Å². The Morgan fingerprint density at radius 3 is 1.44 bits per heavy atom. The first-order chi connectivity index (χ1) is 6.83. The zero-order chi connectivity index (χ0) is 13.2. The van der Waals surface area contributed by atoms with Crippen LogP contribution in [0.4, 0.5) is 0 Å². The summed E-state index contributed by atoms with van der Waals surface area (Å²) < 4.78 is 0. The van der Waals surface area contributed by atoms with Crippen LogP contribution < -0.4 is 0 Å². The fourth-order valence-corrected chi connectivity index (χ4v) is 3.97. The summed E-state index contributed by atoms with van der Waals surface area (Å²) in [7, 11) is 0. The highest BCUT2D eigenvalue weighted by Gasteiger charge is 2.32. The largest absolute Gasteiger partial charge is 0.0628 e. The fourth-order valence-electron chi connectivity index (χ4n) is 3.97. The van der Waals surface area contributed by atoms with Gasteiger partial charge in [0.25, 0.3) is 0 Å². The predicted octanol–water partition coefficient (Wildman–Crippen LogP) is 5.91. The van der Waals surface area contributed by atoms with Gasteiger partial charge in [-0.05, 0) is 41.4 Å². The summed E-state index contributed by atoms with van der Waals surface area (Å²) >= 11 is 0. The van der Waals surface area contributed by atoms with Crippen LogP contribution in [0.15, 0.2) is 0 Å². The molecule has 0 unspecified atom stereocenters. The van der Waals surface area contributed by atoms with E-state index in [2.05, 4.69) is 62.3 Å². The zero-order valence-corrected chi connectivity index (χ0v) is 13.2.